The van der Waals surface area contributed by atoms with Gasteiger partial charge in [-0.05, 0) is 87.8 Å². The van der Waals surface area contributed by atoms with Crippen LogP contribution < -0.4 is 4.90 Å². The van der Waals surface area contributed by atoms with Crippen LogP contribution in [0, 0.1) is 0 Å². The number of furan rings is 1. The maximum atomic E-state index is 6.59. The lowest BCUT2D eigenvalue weighted by Gasteiger charge is -2.28. The molecule has 55 heavy (non-hydrogen) atoms. The van der Waals surface area contributed by atoms with E-state index < -0.39 is 0 Å². The third-order valence-corrected chi connectivity index (χ3v) is 12.0. The number of nitrogens with zero attached hydrogens (tertiary/aromatic N) is 1. The summed E-state index contributed by atoms with van der Waals surface area (Å²) >= 11 is 1.86. The highest BCUT2D eigenvalue weighted by molar-refractivity contribution is 7.25. The topological polar surface area (TPSA) is 16.4 Å². The van der Waals surface area contributed by atoms with Gasteiger partial charge in [0.2, 0.25) is 0 Å². The van der Waals surface area contributed by atoms with E-state index in [9.17, 15) is 0 Å². The molecule has 0 aliphatic carbocycles. The second kappa shape index (κ2) is 12.9. The van der Waals surface area contributed by atoms with E-state index in [1.165, 1.54) is 47.8 Å². The van der Waals surface area contributed by atoms with Crippen LogP contribution in [0.2, 0.25) is 0 Å². The Labute approximate surface area is 322 Å². The molecule has 9 aromatic carbocycles. The SMILES string of the molecule is c1ccc(-c2ccccc2N(c2ccc(-c3ccc4c(c3)sc3ccccc34)cc2)c2cccc(-c3cccc4oc5c6ccccc6ccc5c34)c2)cc1. The van der Waals surface area contributed by atoms with E-state index in [2.05, 4.69) is 205 Å². The number of rotatable bonds is 6. The van der Waals surface area contributed by atoms with E-state index in [0.717, 1.165) is 55.5 Å². The van der Waals surface area contributed by atoms with Crippen molar-refractivity contribution >= 4 is 81.3 Å². The van der Waals surface area contributed by atoms with Crippen molar-refractivity contribution in [2.75, 3.05) is 4.90 Å². The van der Waals surface area contributed by atoms with Gasteiger partial charge in [0.1, 0.15) is 11.2 Å². The number of anilines is 3. The van der Waals surface area contributed by atoms with Crippen LogP contribution in [-0.4, -0.2) is 0 Å². The molecule has 2 nitrogen and oxygen atoms in total. The van der Waals surface area contributed by atoms with Gasteiger partial charge in [0.05, 0.1) is 5.69 Å². The molecular formula is C52H33NOS. The predicted molar refractivity (Wildman–Crippen MR) is 235 cm³/mol. The lowest BCUT2D eigenvalue weighted by atomic mass is 9.97. The van der Waals surface area contributed by atoms with E-state index >= 15 is 0 Å². The molecule has 0 aliphatic rings. The normalized spacial score (nSPS) is 11.6. The maximum Gasteiger partial charge on any atom is 0.143 e. The maximum absolute atomic E-state index is 6.59. The zero-order valence-electron chi connectivity index (χ0n) is 29.8. The summed E-state index contributed by atoms with van der Waals surface area (Å²) in [6.45, 7) is 0. The summed E-state index contributed by atoms with van der Waals surface area (Å²) in [4.78, 5) is 2.39. The molecule has 0 aliphatic heterocycles. The smallest absolute Gasteiger partial charge is 0.143 e. The Bertz CT molecular complexity index is 3210. The average Bonchev–Trinajstić information content (AvgIpc) is 3.83. The fourth-order valence-electron chi connectivity index (χ4n) is 8.27. The zero-order chi connectivity index (χ0) is 36.3. The zero-order valence-corrected chi connectivity index (χ0v) is 30.6. The molecule has 11 aromatic rings. The first-order chi connectivity index (χ1) is 27.3. The standard InChI is InChI=1S/C52H33NOS/c1-2-12-35(13-3-1)41-17-6-8-21-47(41)53(39-28-24-34(25-29-39)37-27-30-45-44-19-7-9-23-49(44)55-50(45)33-37)40-16-10-15-38(32-40)42-20-11-22-48-51(42)46-31-26-36-14-4-5-18-43(36)52(46)54-48/h1-33H. The molecule has 2 aromatic heterocycles. The predicted octanol–water partition coefficient (Wildman–Crippen LogP) is 15.6. The van der Waals surface area contributed by atoms with Crippen molar-refractivity contribution in [3.8, 4) is 33.4 Å². The van der Waals surface area contributed by atoms with Crippen LogP contribution >= 0.6 is 11.3 Å². The molecule has 258 valence electrons. The van der Waals surface area contributed by atoms with Crippen molar-refractivity contribution in [1.82, 2.24) is 0 Å². The third-order valence-electron chi connectivity index (χ3n) is 10.9. The van der Waals surface area contributed by atoms with Gasteiger partial charge in [-0.1, -0.05) is 146 Å². The molecule has 0 atom stereocenters. The number of hydrogen-bond acceptors (Lipinski definition) is 3. The molecule has 0 saturated heterocycles. The Morgan fingerprint density at radius 1 is 0.382 bits per heavy atom. The lowest BCUT2D eigenvalue weighted by molar-refractivity contribution is 0.673. The molecule has 0 spiro atoms. The van der Waals surface area contributed by atoms with E-state index in [0.29, 0.717) is 0 Å². The van der Waals surface area contributed by atoms with Gasteiger partial charge in [0.15, 0.2) is 0 Å². The Hall–Kier alpha value is -6.94. The number of thiophene rings is 1. The number of benzene rings is 9. The van der Waals surface area contributed by atoms with Crippen molar-refractivity contribution in [3.63, 3.8) is 0 Å². The lowest BCUT2D eigenvalue weighted by Crippen LogP contribution is -2.11. The third kappa shape index (κ3) is 5.32. The first-order valence-corrected chi connectivity index (χ1v) is 19.5. The van der Waals surface area contributed by atoms with Gasteiger partial charge >= 0.3 is 0 Å². The van der Waals surface area contributed by atoms with Gasteiger partial charge in [-0.2, -0.15) is 0 Å². The van der Waals surface area contributed by atoms with Crippen molar-refractivity contribution in [3.05, 3.63) is 200 Å². The molecule has 11 rings (SSSR count). The summed E-state index contributed by atoms with van der Waals surface area (Å²) in [6, 6.07) is 72.2. The second-order valence-corrected chi connectivity index (χ2v) is 15.2. The van der Waals surface area contributed by atoms with Crippen LogP contribution in [0.25, 0.3) is 86.3 Å². The van der Waals surface area contributed by atoms with Gasteiger partial charge in [0.25, 0.3) is 0 Å². The van der Waals surface area contributed by atoms with Crippen LogP contribution in [0.3, 0.4) is 0 Å². The molecular weight excluding hydrogens is 687 g/mol. The summed E-state index contributed by atoms with van der Waals surface area (Å²) < 4.78 is 9.22. The minimum absolute atomic E-state index is 0.893. The molecule has 0 unspecified atom stereocenters. The largest absolute Gasteiger partial charge is 0.455 e. The average molecular weight is 720 g/mol. The van der Waals surface area contributed by atoms with E-state index in [4.69, 9.17) is 4.42 Å². The second-order valence-electron chi connectivity index (χ2n) is 14.1. The number of hydrogen-bond donors (Lipinski definition) is 0. The van der Waals surface area contributed by atoms with Gasteiger partial charge in [0, 0.05) is 53.3 Å². The van der Waals surface area contributed by atoms with E-state index in [1.807, 2.05) is 11.3 Å². The first-order valence-electron chi connectivity index (χ1n) is 18.7. The van der Waals surface area contributed by atoms with Gasteiger partial charge in [-0.15, -0.1) is 11.3 Å². The first kappa shape index (κ1) is 31.6. The van der Waals surface area contributed by atoms with Crippen molar-refractivity contribution in [2.45, 2.75) is 0 Å². The minimum Gasteiger partial charge on any atom is -0.455 e. The molecule has 2 heterocycles. The molecule has 0 amide bonds. The fraction of sp³-hybridized carbons (Fsp3) is 0. The summed E-state index contributed by atoms with van der Waals surface area (Å²) in [7, 11) is 0. The Kier molecular flexibility index (Phi) is 7.39. The van der Waals surface area contributed by atoms with Crippen LogP contribution in [-0.2, 0) is 0 Å². The van der Waals surface area contributed by atoms with Crippen molar-refractivity contribution in [1.29, 1.82) is 0 Å². The fourth-order valence-corrected chi connectivity index (χ4v) is 9.42. The highest BCUT2D eigenvalue weighted by Gasteiger charge is 2.20. The molecule has 0 saturated carbocycles. The van der Waals surface area contributed by atoms with Crippen molar-refractivity contribution < 1.29 is 4.42 Å². The van der Waals surface area contributed by atoms with Gasteiger partial charge in [-0.25, -0.2) is 0 Å². The molecule has 0 fully saturated rings. The highest BCUT2D eigenvalue weighted by atomic mass is 32.1. The summed E-state index contributed by atoms with van der Waals surface area (Å²) in [5, 5.41) is 7.22. The Morgan fingerprint density at radius 2 is 1.07 bits per heavy atom. The molecule has 0 radical (unpaired) electrons. The van der Waals surface area contributed by atoms with Crippen LogP contribution in [0.1, 0.15) is 0 Å². The number of para-hydroxylation sites is 1. The Morgan fingerprint density at radius 3 is 1.98 bits per heavy atom. The van der Waals surface area contributed by atoms with E-state index in [1.54, 1.807) is 0 Å². The van der Waals surface area contributed by atoms with Crippen LogP contribution in [0.15, 0.2) is 205 Å². The van der Waals surface area contributed by atoms with Crippen molar-refractivity contribution in [2.24, 2.45) is 0 Å². The van der Waals surface area contributed by atoms with Gasteiger partial charge < -0.3 is 9.32 Å². The molecule has 0 bridgehead atoms. The summed E-state index contributed by atoms with van der Waals surface area (Å²) in [5.74, 6) is 0. The van der Waals surface area contributed by atoms with E-state index in [-0.39, 0.29) is 0 Å². The quantitative estimate of drug-likeness (QED) is 0.170. The summed E-state index contributed by atoms with van der Waals surface area (Å²) in [5.41, 5.74) is 12.1. The molecule has 0 N–H and O–H groups in total. The monoisotopic (exact) mass is 719 g/mol. The Balaban J connectivity index is 1.06. The highest BCUT2D eigenvalue weighted by Crippen LogP contribution is 2.45. The van der Waals surface area contributed by atoms with Crippen LogP contribution in [0.5, 0.6) is 0 Å². The van der Waals surface area contributed by atoms with Gasteiger partial charge in [-0.3, -0.25) is 0 Å². The molecule has 3 heteroatoms. The minimum atomic E-state index is 0.893. The van der Waals surface area contributed by atoms with Crippen LogP contribution in [0.4, 0.5) is 17.1 Å². The summed E-state index contributed by atoms with van der Waals surface area (Å²) in [6.07, 6.45) is 0. The number of fused-ring (bicyclic) bond motifs is 8.